The lowest BCUT2D eigenvalue weighted by atomic mass is 10.2. The maximum Gasteiger partial charge on any atom is 0.241 e. The van der Waals surface area contributed by atoms with Crippen molar-refractivity contribution in [2.75, 3.05) is 19.6 Å². The largest absolute Gasteiger partial charge is 0.339 e. The molecule has 1 atom stereocenters. The van der Waals surface area contributed by atoms with Crippen LogP contribution in [0, 0.1) is 6.92 Å². The number of carbonyl (C=O) groups is 1. The number of hydrogen-bond acceptors (Lipinski definition) is 5. The molecule has 1 amide bonds. The highest BCUT2D eigenvalue weighted by Gasteiger charge is 2.28. The van der Waals surface area contributed by atoms with Gasteiger partial charge in [-0.05, 0) is 31.0 Å². The molecule has 1 aromatic carbocycles. The number of likely N-dealkylation sites (tertiary alicyclic amines) is 1. The van der Waals surface area contributed by atoms with Gasteiger partial charge in [0.15, 0.2) is 0 Å². The van der Waals surface area contributed by atoms with Crippen molar-refractivity contribution in [2.45, 2.75) is 24.3 Å². The van der Waals surface area contributed by atoms with Crippen molar-refractivity contribution in [1.29, 1.82) is 0 Å². The lowest BCUT2D eigenvalue weighted by molar-refractivity contribution is -0.129. The summed E-state index contributed by atoms with van der Waals surface area (Å²) in [6.45, 7) is 2.66. The minimum atomic E-state index is -3.69. The number of nitrogens with one attached hydrogen (secondary N) is 1. The molecule has 3 rings (SSSR count). The molecule has 0 radical (unpaired) electrons. The van der Waals surface area contributed by atoms with Crippen LogP contribution in [0.4, 0.5) is 0 Å². The molecule has 0 spiro atoms. The highest BCUT2D eigenvalue weighted by Crippen LogP contribution is 2.20. The monoisotopic (exact) mass is 349 g/mol. The van der Waals surface area contributed by atoms with Gasteiger partial charge in [-0.15, -0.1) is 5.10 Å². The summed E-state index contributed by atoms with van der Waals surface area (Å²) in [5, 5.41) is 7.71. The van der Waals surface area contributed by atoms with Crippen molar-refractivity contribution in [3.8, 4) is 0 Å². The van der Waals surface area contributed by atoms with E-state index >= 15 is 0 Å². The number of aryl methyl sites for hydroxylation is 1. The number of sulfonamides is 1. The van der Waals surface area contributed by atoms with Crippen LogP contribution < -0.4 is 4.72 Å². The fourth-order valence-corrected chi connectivity index (χ4v) is 3.81. The summed E-state index contributed by atoms with van der Waals surface area (Å²) in [5.74, 6) is -0.242. The Morgan fingerprint density at radius 1 is 1.42 bits per heavy atom. The van der Waals surface area contributed by atoms with Crippen LogP contribution in [0.25, 0.3) is 0 Å². The predicted molar refractivity (Wildman–Crippen MR) is 86.6 cm³/mol. The first kappa shape index (κ1) is 16.6. The van der Waals surface area contributed by atoms with Crippen LogP contribution in [0.3, 0.4) is 0 Å². The van der Waals surface area contributed by atoms with Crippen molar-refractivity contribution in [3.63, 3.8) is 0 Å². The third-order valence-electron chi connectivity index (χ3n) is 4.04. The van der Waals surface area contributed by atoms with E-state index < -0.39 is 10.0 Å². The zero-order valence-corrected chi connectivity index (χ0v) is 14.1. The number of carbonyl (C=O) groups excluding carboxylic acids is 1. The van der Waals surface area contributed by atoms with Gasteiger partial charge < -0.3 is 4.90 Å². The van der Waals surface area contributed by atoms with Crippen LogP contribution >= 0.6 is 0 Å². The van der Waals surface area contributed by atoms with Gasteiger partial charge in [0.1, 0.15) is 0 Å². The van der Waals surface area contributed by atoms with Crippen molar-refractivity contribution < 1.29 is 13.2 Å². The molecule has 24 heavy (non-hydrogen) atoms. The first-order valence-corrected chi connectivity index (χ1v) is 9.14. The van der Waals surface area contributed by atoms with Crippen LogP contribution in [0.5, 0.6) is 0 Å². The Balaban J connectivity index is 1.58. The van der Waals surface area contributed by atoms with Gasteiger partial charge in [-0.3, -0.25) is 4.79 Å². The maximum absolute atomic E-state index is 12.3. The van der Waals surface area contributed by atoms with E-state index in [-0.39, 0.29) is 23.4 Å². The number of amides is 1. The molecule has 1 unspecified atom stereocenters. The Labute approximate surface area is 140 Å². The summed E-state index contributed by atoms with van der Waals surface area (Å²) in [4.78, 5) is 14.1. The summed E-state index contributed by atoms with van der Waals surface area (Å²) in [6.07, 6.45) is 4.14. The second-order valence-corrected chi connectivity index (χ2v) is 7.57. The van der Waals surface area contributed by atoms with E-state index in [2.05, 4.69) is 15.0 Å². The lowest BCUT2D eigenvalue weighted by Gasteiger charge is -2.17. The van der Waals surface area contributed by atoms with Gasteiger partial charge in [0.25, 0.3) is 0 Å². The molecule has 2 aromatic rings. The molecular weight excluding hydrogens is 330 g/mol. The molecule has 0 aliphatic carbocycles. The number of benzene rings is 1. The second-order valence-electron chi connectivity index (χ2n) is 5.81. The summed E-state index contributed by atoms with van der Waals surface area (Å²) in [6, 6.07) is 6.66. The molecular formula is C15H19N5O3S. The normalized spacial score (nSPS) is 18.0. The van der Waals surface area contributed by atoms with Gasteiger partial charge >= 0.3 is 0 Å². The summed E-state index contributed by atoms with van der Waals surface area (Å²) in [5.41, 5.74) is 0.847. The first-order valence-electron chi connectivity index (χ1n) is 7.65. The first-order chi connectivity index (χ1) is 11.5. The Morgan fingerprint density at radius 3 is 2.96 bits per heavy atom. The van der Waals surface area contributed by atoms with Gasteiger partial charge in [-0.25, -0.2) is 17.8 Å². The molecule has 2 heterocycles. The average Bonchev–Trinajstić information content (AvgIpc) is 3.23. The van der Waals surface area contributed by atoms with Crippen molar-refractivity contribution in [1.82, 2.24) is 24.6 Å². The van der Waals surface area contributed by atoms with E-state index in [9.17, 15) is 13.2 Å². The van der Waals surface area contributed by atoms with E-state index in [0.717, 1.165) is 12.0 Å². The highest BCUT2D eigenvalue weighted by molar-refractivity contribution is 7.89. The van der Waals surface area contributed by atoms with Crippen LogP contribution in [-0.2, 0) is 14.8 Å². The van der Waals surface area contributed by atoms with Crippen LogP contribution in [-0.4, -0.2) is 53.9 Å². The highest BCUT2D eigenvalue weighted by atomic mass is 32.2. The zero-order valence-electron chi connectivity index (χ0n) is 13.3. The Hall–Kier alpha value is -2.26. The number of rotatable bonds is 5. The van der Waals surface area contributed by atoms with E-state index in [0.29, 0.717) is 13.1 Å². The summed E-state index contributed by atoms with van der Waals surface area (Å²) < 4.78 is 28.6. The average molecular weight is 349 g/mol. The SMILES string of the molecule is Cc1cccc(S(=O)(=O)NCC(=O)N2CCC(n3ccnn3)C2)c1. The van der Waals surface area contributed by atoms with E-state index in [4.69, 9.17) is 0 Å². The van der Waals surface area contributed by atoms with E-state index in [1.165, 1.54) is 6.07 Å². The third-order valence-corrected chi connectivity index (χ3v) is 5.44. The lowest BCUT2D eigenvalue weighted by Crippen LogP contribution is -2.39. The standard InChI is InChI=1S/C15H19N5O3S/c1-12-3-2-4-14(9-12)24(22,23)17-10-15(21)19-7-5-13(11-19)20-8-6-16-18-20/h2-4,6,8-9,13,17H,5,7,10-11H2,1H3. The number of nitrogens with zero attached hydrogens (tertiary/aromatic N) is 4. The van der Waals surface area contributed by atoms with Gasteiger partial charge in [-0.1, -0.05) is 17.3 Å². The van der Waals surface area contributed by atoms with Crippen molar-refractivity contribution >= 4 is 15.9 Å². The summed E-state index contributed by atoms with van der Waals surface area (Å²) >= 11 is 0. The molecule has 1 aliphatic heterocycles. The van der Waals surface area contributed by atoms with Crippen molar-refractivity contribution in [3.05, 3.63) is 42.2 Å². The molecule has 8 nitrogen and oxygen atoms in total. The Kier molecular flexibility index (Phi) is 4.63. The predicted octanol–water partition coefficient (Wildman–Crippen LogP) is 0.338. The van der Waals surface area contributed by atoms with Crippen molar-refractivity contribution in [2.24, 2.45) is 0 Å². The molecule has 1 aliphatic rings. The zero-order chi connectivity index (χ0) is 17.2. The number of aromatic nitrogens is 3. The quantitative estimate of drug-likeness (QED) is 0.839. The fourth-order valence-electron chi connectivity index (χ4n) is 2.73. The summed E-state index contributed by atoms with van der Waals surface area (Å²) in [7, 11) is -3.69. The van der Waals surface area contributed by atoms with E-state index in [1.807, 2.05) is 13.0 Å². The van der Waals surface area contributed by atoms with Crippen LogP contribution in [0.1, 0.15) is 18.0 Å². The van der Waals surface area contributed by atoms with Gasteiger partial charge in [0.05, 0.1) is 23.7 Å². The van der Waals surface area contributed by atoms with Crippen LogP contribution in [0.2, 0.25) is 0 Å². The number of hydrogen-bond donors (Lipinski definition) is 1. The molecule has 0 bridgehead atoms. The molecule has 128 valence electrons. The molecule has 1 N–H and O–H groups in total. The second kappa shape index (κ2) is 6.70. The van der Waals surface area contributed by atoms with Gasteiger partial charge in [-0.2, -0.15) is 0 Å². The third kappa shape index (κ3) is 3.62. The fraction of sp³-hybridized carbons (Fsp3) is 0.400. The van der Waals surface area contributed by atoms with Gasteiger partial charge in [0, 0.05) is 19.3 Å². The minimum absolute atomic E-state index is 0.0878. The van der Waals surface area contributed by atoms with E-state index in [1.54, 1.807) is 34.1 Å². The Morgan fingerprint density at radius 2 is 2.25 bits per heavy atom. The minimum Gasteiger partial charge on any atom is -0.339 e. The van der Waals surface area contributed by atoms with Crippen LogP contribution in [0.15, 0.2) is 41.6 Å². The molecule has 1 fully saturated rings. The molecule has 9 heteroatoms. The molecule has 0 saturated carbocycles. The molecule has 1 aromatic heterocycles. The molecule has 1 saturated heterocycles. The Bertz CT molecular complexity index is 819. The maximum atomic E-state index is 12.3. The topological polar surface area (TPSA) is 97.2 Å². The smallest absolute Gasteiger partial charge is 0.241 e. The van der Waals surface area contributed by atoms with Gasteiger partial charge in [0.2, 0.25) is 15.9 Å².